The quantitative estimate of drug-likeness (QED) is 0.436. The number of thioether (sulfide) groups is 1. The van der Waals surface area contributed by atoms with Crippen molar-refractivity contribution in [3.63, 3.8) is 0 Å². The van der Waals surface area contributed by atoms with E-state index in [2.05, 4.69) is 6.58 Å². The van der Waals surface area contributed by atoms with Crippen molar-refractivity contribution in [2.24, 2.45) is 0 Å². The zero-order chi connectivity index (χ0) is 11.3. The van der Waals surface area contributed by atoms with E-state index in [4.69, 9.17) is 0 Å². The van der Waals surface area contributed by atoms with Crippen molar-refractivity contribution in [3.8, 4) is 0 Å². The van der Waals surface area contributed by atoms with E-state index in [1.807, 2.05) is 50.3 Å². The molecule has 1 rings (SSSR count). The molecular weight excluding hydrogens is 204 g/mol. The highest BCUT2D eigenvalue weighted by atomic mass is 32.2. The van der Waals surface area contributed by atoms with Gasteiger partial charge >= 0.3 is 0 Å². The maximum Gasteiger partial charge on any atom is 0.223 e. The van der Waals surface area contributed by atoms with Crippen molar-refractivity contribution < 1.29 is 4.79 Å². The zero-order valence-corrected chi connectivity index (χ0v) is 9.80. The standard InChI is InChI=1S/C13H14OS/c1-4-10(2)11(3)13(14)15-12-8-6-5-7-9-12/h4-9H,3H2,1-2H3/b10-4-. The van der Waals surface area contributed by atoms with Crippen molar-refractivity contribution in [3.05, 3.63) is 54.1 Å². The number of carbonyl (C=O) groups excluding carboxylic acids is 1. The molecule has 0 radical (unpaired) electrons. The third-order valence-electron chi connectivity index (χ3n) is 2.11. The average Bonchev–Trinajstić information content (AvgIpc) is 2.28. The van der Waals surface area contributed by atoms with Gasteiger partial charge in [-0.1, -0.05) is 30.9 Å². The minimum absolute atomic E-state index is 0.0109. The van der Waals surface area contributed by atoms with E-state index in [-0.39, 0.29) is 5.12 Å². The molecule has 0 atom stereocenters. The lowest BCUT2D eigenvalue weighted by Crippen LogP contribution is -1.96. The summed E-state index contributed by atoms with van der Waals surface area (Å²) in [5.74, 6) is 0. The van der Waals surface area contributed by atoms with E-state index < -0.39 is 0 Å². The number of hydrogen-bond acceptors (Lipinski definition) is 2. The molecule has 1 aromatic rings. The molecule has 15 heavy (non-hydrogen) atoms. The molecule has 0 saturated carbocycles. The summed E-state index contributed by atoms with van der Waals surface area (Å²) in [5, 5.41) is 0.0109. The van der Waals surface area contributed by atoms with Crippen LogP contribution in [0.5, 0.6) is 0 Å². The first-order valence-electron chi connectivity index (χ1n) is 4.74. The van der Waals surface area contributed by atoms with Gasteiger partial charge in [-0.15, -0.1) is 0 Å². The normalized spacial score (nSPS) is 11.2. The summed E-state index contributed by atoms with van der Waals surface area (Å²) in [6, 6.07) is 9.60. The van der Waals surface area contributed by atoms with Crippen LogP contribution in [0.25, 0.3) is 0 Å². The van der Waals surface area contributed by atoms with E-state index in [0.29, 0.717) is 5.57 Å². The molecule has 0 unspecified atom stereocenters. The first kappa shape index (κ1) is 11.8. The van der Waals surface area contributed by atoms with Crippen molar-refractivity contribution in [1.29, 1.82) is 0 Å². The van der Waals surface area contributed by atoms with Crippen LogP contribution in [0.3, 0.4) is 0 Å². The van der Waals surface area contributed by atoms with Crippen LogP contribution < -0.4 is 0 Å². The Morgan fingerprint density at radius 2 is 1.93 bits per heavy atom. The molecule has 0 spiro atoms. The summed E-state index contributed by atoms with van der Waals surface area (Å²) in [7, 11) is 0. The van der Waals surface area contributed by atoms with Gasteiger partial charge in [0.05, 0.1) is 0 Å². The molecule has 0 amide bonds. The monoisotopic (exact) mass is 218 g/mol. The SMILES string of the molecule is C=C(C(=O)Sc1ccccc1)/C(C)=C\C. The zero-order valence-electron chi connectivity index (χ0n) is 8.99. The largest absolute Gasteiger partial charge is 0.281 e. The van der Waals surface area contributed by atoms with Gasteiger partial charge in [0.1, 0.15) is 0 Å². The van der Waals surface area contributed by atoms with Crippen LogP contribution in [0.2, 0.25) is 0 Å². The molecule has 0 aliphatic heterocycles. The Morgan fingerprint density at radius 3 is 2.47 bits per heavy atom. The van der Waals surface area contributed by atoms with Crippen LogP contribution in [0.1, 0.15) is 13.8 Å². The summed E-state index contributed by atoms with van der Waals surface area (Å²) < 4.78 is 0. The van der Waals surface area contributed by atoms with E-state index in [1.54, 1.807) is 0 Å². The topological polar surface area (TPSA) is 17.1 Å². The number of rotatable bonds is 3. The Labute approximate surface area is 94.9 Å². The van der Waals surface area contributed by atoms with E-state index in [9.17, 15) is 4.79 Å². The molecule has 0 aliphatic rings. The van der Waals surface area contributed by atoms with Gasteiger partial charge in [-0.25, -0.2) is 0 Å². The number of hydrogen-bond donors (Lipinski definition) is 0. The highest BCUT2D eigenvalue weighted by Crippen LogP contribution is 2.23. The van der Waals surface area contributed by atoms with Gasteiger partial charge in [-0.2, -0.15) is 0 Å². The fourth-order valence-corrected chi connectivity index (χ4v) is 1.78. The van der Waals surface area contributed by atoms with Gasteiger partial charge in [-0.3, -0.25) is 4.79 Å². The molecular formula is C13H14OS. The van der Waals surface area contributed by atoms with Crippen LogP contribution in [0.4, 0.5) is 0 Å². The van der Waals surface area contributed by atoms with Gasteiger partial charge in [-0.05, 0) is 43.3 Å². The Balaban J connectivity index is 2.69. The fraction of sp³-hybridized carbons (Fsp3) is 0.154. The summed E-state index contributed by atoms with van der Waals surface area (Å²) >= 11 is 1.22. The molecule has 0 saturated heterocycles. The second-order valence-corrected chi connectivity index (χ2v) is 4.20. The third-order valence-corrected chi connectivity index (χ3v) is 3.05. The lowest BCUT2D eigenvalue weighted by Gasteiger charge is -2.03. The van der Waals surface area contributed by atoms with E-state index in [0.717, 1.165) is 10.5 Å². The average molecular weight is 218 g/mol. The maximum atomic E-state index is 11.7. The maximum absolute atomic E-state index is 11.7. The van der Waals surface area contributed by atoms with Crippen LogP contribution in [-0.4, -0.2) is 5.12 Å². The van der Waals surface area contributed by atoms with Gasteiger partial charge in [0, 0.05) is 10.5 Å². The van der Waals surface area contributed by atoms with Crippen LogP contribution in [0, 0.1) is 0 Å². The van der Waals surface area contributed by atoms with Crippen molar-refractivity contribution >= 4 is 16.9 Å². The molecule has 0 N–H and O–H groups in total. The lowest BCUT2D eigenvalue weighted by molar-refractivity contribution is -0.107. The molecule has 2 heteroatoms. The van der Waals surface area contributed by atoms with Crippen molar-refractivity contribution in [1.82, 2.24) is 0 Å². The summed E-state index contributed by atoms with van der Waals surface area (Å²) in [5.41, 5.74) is 1.51. The van der Waals surface area contributed by atoms with Crippen LogP contribution in [-0.2, 0) is 4.79 Å². The van der Waals surface area contributed by atoms with Gasteiger partial charge in [0.15, 0.2) is 0 Å². The molecule has 1 aromatic carbocycles. The minimum Gasteiger partial charge on any atom is -0.281 e. The predicted octanol–water partition coefficient (Wildman–Crippen LogP) is 3.83. The predicted molar refractivity (Wildman–Crippen MR) is 65.9 cm³/mol. The number of carbonyl (C=O) groups is 1. The second kappa shape index (κ2) is 5.56. The molecule has 0 heterocycles. The number of allylic oxidation sites excluding steroid dienone is 2. The summed E-state index contributed by atoms with van der Waals surface area (Å²) in [6.07, 6.45) is 1.89. The first-order valence-corrected chi connectivity index (χ1v) is 5.56. The molecule has 0 aromatic heterocycles. The van der Waals surface area contributed by atoms with E-state index >= 15 is 0 Å². The van der Waals surface area contributed by atoms with Crippen LogP contribution >= 0.6 is 11.8 Å². The highest BCUT2D eigenvalue weighted by Gasteiger charge is 2.09. The molecule has 1 nitrogen and oxygen atoms in total. The third kappa shape index (κ3) is 3.40. The first-order chi connectivity index (χ1) is 7.15. The molecule has 0 bridgehead atoms. The molecule has 78 valence electrons. The highest BCUT2D eigenvalue weighted by molar-refractivity contribution is 8.14. The Morgan fingerprint density at radius 1 is 1.33 bits per heavy atom. The summed E-state index contributed by atoms with van der Waals surface area (Å²) in [4.78, 5) is 12.7. The van der Waals surface area contributed by atoms with Gasteiger partial charge in [0.2, 0.25) is 5.12 Å². The smallest absolute Gasteiger partial charge is 0.223 e. The Kier molecular flexibility index (Phi) is 4.37. The van der Waals surface area contributed by atoms with Crippen molar-refractivity contribution in [2.75, 3.05) is 0 Å². The summed E-state index contributed by atoms with van der Waals surface area (Å²) in [6.45, 7) is 7.58. The van der Waals surface area contributed by atoms with Gasteiger partial charge < -0.3 is 0 Å². The molecule has 0 fully saturated rings. The lowest BCUT2D eigenvalue weighted by atomic mass is 10.1. The Hall–Kier alpha value is -1.28. The second-order valence-electron chi connectivity index (χ2n) is 3.15. The molecule has 0 aliphatic carbocycles. The fourth-order valence-electron chi connectivity index (χ4n) is 0.992. The minimum atomic E-state index is 0.0109. The van der Waals surface area contributed by atoms with E-state index in [1.165, 1.54) is 11.8 Å². The van der Waals surface area contributed by atoms with Crippen LogP contribution in [0.15, 0.2) is 59.0 Å². The van der Waals surface area contributed by atoms with Crippen molar-refractivity contribution in [2.45, 2.75) is 18.7 Å². The Bertz CT molecular complexity index is 390. The number of benzene rings is 1. The van der Waals surface area contributed by atoms with Gasteiger partial charge in [0.25, 0.3) is 0 Å².